The molecule has 0 radical (unpaired) electrons. The molecule has 0 saturated carbocycles. The SMILES string of the molecule is CC(C)CN1C(N)=NCC1c1c(Cl)cccc1Cl. The average molecular weight is 286 g/mol. The number of hydrogen-bond donors (Lipinski definition) is 1. The van der Waals surface area contributed by atoms with Crippen LogP contribution in [0.5, 0.6) is 0 Å². The van der Waals surface area contributed by atoms with Gasteiger partial charge < -0.3 is 10.6 Å². The van der Waals surface area contributed by atoms with Crippen molar-refractivity contribution in [2.24, 2.45) is 16.6 Å². The van der Waals surface area contributed by atoms with Gasteiger partial charge in [0.25, 0.3) is 0 Å². The predicted octanol–water partition coefficient (Wildman–Crippen LogP) is 3.32. The number of hydrogen-bond acceptors (Lipinski definition) is 3. The van der Waals surface area contributed by atoms with E-state index in [0.29, 0.717) is 28.5 Å². The van der Waals surface area contributed by atoms with Crippen LogP contribution in [0.4, 0.5) is 0 Å². The lowest BCUT2D eigenvalue weighted by atomic mass is 10.0. The average Bonchev–Trinajstić information content (AvgIpc) is 2.61. The van der Waals surface area contributed by atoms with Gasteiger partial charge in [0.15, 0.2) is 5.96 Å². The molecule has 1 aromatic carbocycles. The molecular formula is C13H17Cl2N3. The Morgan fingerprint density at radius 2 is 2.00 bits per heavy atom. The van der Waals surface area contributed by atoms with Crippen molar-refractivity contribution in [1.82, 2.24) is 4.90 Å². The minimum absolute atomic E-state index is 0.0496. The van der Waals surface area contributed by atoms with E-state index in [9.17, 15) is 0 Å². The van der Waals surface area contributed by atoms with Gasteiger partial charge in [-0.15, -0.1) is 0 Å². The molecule has 18 heavy (non-hydrogen) atoms. The summed E-state index contributed by atoms with van der Waals surface area (Å²) in [5.74, 6) is 1.07. The van der Waals surface area contributed by atoms with Crippen molar-refractivity contribution in [3.8, 4) is 0 Å². The van der Waals surface area contributed by atoms with Crippen molar-refractivity contribution < 1.29 is 0 Å². The quantitative estimate of drug-likeness (QED) is 0.926. The van der Waals surface area contributed by atoms with Gasteiger partial charge in [-0.05, 0) is 18.1 Å². The van der Waals surface area contributed by atoms with Crippen molar-refractivity contribution >= 4 is 29.2 Å². The molecule has 0 spiro atoms. The number of nitrogens with zero attached hydrogens (tertiary/aromatic N) is 2. The van der Waals surface area contributed by atoms with E-state index in [4.69, 9.17) is 28.9 Å². The Morgan fingerprint density at radius 1 is 1.39 bits per heavy atom. The van der Waals surface area contributed by atoms with E-state index in [1.165, 1.54) is 0 Å². The van der Waals surface area contributed by atoms with Crippen LogP contribution in [0, 0.1) is 5.92 Å². The van der Waals surface area contributed by atoms with Crippen molar-refractivity contribution in [3.63, 3.8) is 0 Å². The Bertz CT molecular complexity index is 451. The van der Waals surface area contributed by atoms with Crippen LogP contribution in [0.15, 0.2) is 23.2 Å². The maximum atomic E-state index is 6.26. The first-order valence-electron chi connectivity index (χ1n) is 6.01. The number of aliphatic imine (C=N–C) groups is 1. The minimum Gasteiger partial charge on any atom is -0.370 e. The third kappa shape index (κ3) is 2.57. The maximum Gasteiger partial charge on any atom is 0.191 e. The summed E-state index contributed by atoms with van der Waals surface area (Å²) in [7, 11) is 0. The fourth-order valence-corrected chi connectivity index (χ4v) is 2.87. The highest BCUT2D eigenvalue weighted by Crippen LogP contribution is 2.36. The maximum absolute atomic E-state index is 6.26. The summed E-state index contributed by atoms with van der Waals surface area (Å²) in [5.41, 5.74) is 6.87. The van der Waals surface area contributed by atoms with E-state index < -0.39 is 0 Å². The molecule has 0 amide bonds. The highest BCUT2D eigenvalue weighted by molar-refractivity contribution is 6.36. The van der Waals surface area contributed by atoms with Crippen molar-refractivity contribution in [2.75, 3.05) is 13.1 Å². The Kier molecular flexibility index (Phi) is 4.03. The summed E-state index contributed by atoms with van der Waals surface area (Å²) < 4.78 is 0. The van der Waals surface area contributed by atoms with E-state index in [2.05, 4.69) is 23.7 Å². The summed E-state index contributed by atoms with van der Waals surface area (Å²) in [4.78, 5) is 6.39. The molecule has 0 saturated heterocycles. The lowest BCUT2D eigenvalue weighted by Gasteiger charge is -2.29. The second kappa shape index (κ2) is 5.37. The number of benzene rings is 1. The normalized spacial score (nSPS) is 19.5. The summed E-state index contributed by atoms with van der Waals surface area (Å²) >= 11 is 12.5. The van der Waals surface area contributed by atoms with Crippen molar-refractivity contribution in [3.05, 3.63) is 33.8 Å². The van der Waals surface area contributed by atoms with Crippen LogP contribution < -0.4 is 5.73 Å². The van der Waals surface area contributed by atoms with Gasteiger partial charge in [-0.1, -0.05) is 43.1 Å². The van der Waals surface area contributed by atoms with Gasteiger partial charge >= 0.3 is 0 Å². The van der Waals surface area contributed by atoms with Gasteiger partial charge in [0, 0.05) is 22.2 Å². The Labute approximate surface area is 118 Å². The van der Waals surface area contributed by atoms with Gasteiger partial charge in [-0.3, -0.25) is 4.99 Å². The van der Waals surface area contributed by atoms with Gasteiger partial charge in [0.2, 0.25) is 0 Å². The molecule has 98 valence electrons. The van der Waals surface area contributed by atoms with E-state index in [1.54, 1.807) is 0 Å². The molecule has 1 unspecified atom stereocenters. The number of guanidine groups is 1. The third-order valence-electron chi connectivity index (χ3n) is 2.99. The summed E-state index contributed by atoms with van der Waals surface area (Å²) in [6.45, 7) is 5.76. The molecule has 0 aromatic heterocycles. The van der Waals surface area contributed by atoms with Crippen molar-refractivity contribution in [2.45, 2.75) is 19.9 Å². The Balaban J connectivity index is 2.33. The minimum atomic E-state index is 0.0496. The summed E-state index contributed by atoms with van der Waals surface area (Å²) in [5, 5.41) is 1.34. The second-order valence-corrected chi connectivity index (χ2v) is 5.71. The Morgan fingerprint density at radius 3 is 2.56 bits per heavy atom. The fourth-order valence-electron chi connectivity index (χ4n) is 2.22. The smallest absolute Gasteiger partial charge is 0.191 e. The van der Waals surface area contributed by atoms with Crippen LogP contribution in [-0.2, 0) is 0 Å². The summed E-state index contributed by atoms with van der Waals surface area (Å²) in [6.07, 6.45) is 0. The molecule has 1 atom stereocenters. The zero-order chi connectivity index (χ0) is 13.3. The highest BCUT2D eigenvalue weighted by Gasteiger charge is 2.30. The second-order valence-electron chi connectivity index (χ2n) is 4.90. The number of nitrogens with two attached hydrogens (primary N) is 1. The van der Waals surface area contributed by atoms with Crippen LogP contribution >= 0.6 is 23.2 Å². The van der Waals surface area contributed by atoms with Crippen LogP contribution in [0.25, 0.3) is 0 Å². The van der Waals surface area contributed by atoms with Crippen molar-refractivity contribution in [1.29, 1.82) is 0 Å². The van der Waals surface area contributed by atoms with Gasteiger partial charge in [-0.2, -0.15) is 0 Å². The zero-order valence-corrected chi connectivity index (χ0v) is 12.0. The Hall–Kier alpha value is -0.930. The van der Waals surface area contributed by atoms with Gasteiger partial charge in [-0.25, -0.2) is 0 Å². The van der Waals surface area contributed by atoms with E-state index in [-0.39, 0.29) is 6.04 Å². The molecule has 1 aromatic rings. The van der Waals surface area contributed by atoms with Crippen LogP contribution in [-0.4, -0.2) is 23.9 Å². The van der Waals surface area contributed by atoms with Crippen LogP contribution in [0.3, 0.4) is 0 Å². The molecular weight excluding hydrogens is 269 g/mol. The first-order chi connectivity index (χ1) is 8.50. The third-order valence-corrected chi connectivity index (χ3v) is 3.65. The van der Waals surface area contributed by atoms with E-state index in [0.717, 1.165) is 12.1 Å². The number of rotatable bonds is 3. The van der Waals surface area contributed by atoms with Gasteiger partial charge in [0.05, 0.1) is 12.6 Å². The molecule has 1 heterocycles. The largest absolute Gasteiger partial charge is 0.370 e. The van der Waals surface area contributed by atoms with E-state index >= 15 is 0 Å². The summed E-state index contributed by atoms with van der Waals surface area (Å²) in [6, 6.07) is 5.60. The molecule has 0 aliphatic carbocycles. The molecule has 2 rings (SSSR count). The molecule has 0 bridgehead atoms. The molecule has 3 nitrogen and oxygen atoms in total. The molecule has 2 N–H and O–H groups in total. The molecule has 5 heteroatoms. The lowest BCUT2D eigenvalue weighted by Crippen LogP contribution is -2.38. The zero-order valence-electron chi connectivity index (χ0n) is 10.5. The molecule has 1 aliphatic rings. The number of halogens is 2. The topological polar surface area (TPSA) is 41.6 Å². The first-order valence-corrected chi connectivity index (χ1v) is 6.76. The van der Waals surface area contributed by atoms with Crippen LogP contribution in [0.1, 0.15) is 25.5 Å². The highest BCUT2D eigenvalue weighted by atomic mass is 35.5. The fraction of sp³-hybridized carbons (Fsp3) is 0.462. The first kappa shape index (κ1) is 13.5. The van der Waals surface area contributed by atoms with Gasteiger partial charge in [0.1, 0.15) is 0 Å². The molecule has 0 fully saturated rings. The van der Waals surface area contributed by atoms with E-state index in [1.807, 2.05) is 18.2 Å². The molecule has 1 aliphatic heterocycles. The monoisotopic (exact) mass is 285 g/mol. The standard InChI is InChI=1S/C13H17Cl2N3/c1-8(2)7-18-11(6-17-13(18)16)12-9(14)4-3-5-10(12)15/h3-5,8,11H,6-7H2,1-2H3,(H2,16,17). The predicted molar refractivity (Wildman–Crippen MR) is 77.2 cm³/mol. The lowest BCUT2D eigenvalue weighted by molar-refractivity contribution is 0.309. The van der Waals surface area contributed by atoms with Crippen LogP contribution in [0.2, 0.25) is 10.0 Å².